The molecular weight excluding hydrogens is 1290 g/mol. The average Bonchev–Trinajstić information content (AvgIpc) is 0.708. The maximum atomic E-state index is 14.9. The fourth-order valence-corrected chi connectivity index (χ4v) is 12.1. The van der Waals surface area contributed by atoms with Gasteiger partial charge in [-0.05, 0) is 72.8 Å². The van der Waals surface area contributed by atoms with Gasteiger partial charge in [0.15, 0.2) is 123 Å². The Bertz CT molecular complexity index is 4720. The number of esters is 3. The van der Waals surface area contributed by atoms with Gasteiger partial charge in [0.1, 0.15) is 57.8 Å². The van der Waals surface area contributed by atoms with E-state index >= 15 is 0 Å². The van der Waals surface area contributed by atoms with Crippen molar-refractivity contribution in [2.45, 2.75) is 54.9 Å². The second kappa shape index (κ2) is 23.5. The summed E-state index contributed by atoms with van der Waals surface area (Å²) >= 11 is 0. The SMILES string of the molecule is O=C(O[C@@H]1[C@@H](c2c(O)cc(O)c3c2O[C@H](c2ccc(O)c(O)c2)[C@@H](OC(=O)c2cc(O)c(O)c(O)c2)C3)c2c(O)cc(O)c([C@H]3c4c(O)cc(O)cc4O[C@H](c4ccc(O)c(O)c4)[C@@H]3OC(=O)c3cc(O)c(O)c(O)c3)c2O[C@@H]1c1cc(O)c(O)c(O)c1)c1cc(O)c(O)c(O)c1. The Hall–Kier alpha value is -13.6. The van der Waals surface area contributed by atoms with E-state index in [4.69, 9.17) is 28.4 Å². The van der Waals surface area contributed by atoms with Crippen LogP contribution >= 0.6 is 0 Å². The molecule has 0 unspecified atom stereocenters. The molecule has 9 aromatic rings. The Morgan fingerprint density at radius 1 is 0.309 bits per heavy atom. The van der Waals surface area contributed by atoms with Gasteiger partial charge in [-0.1, -0.05) is 12.1 Å². The zero-order chi connectivity index (χ0) is 69.8. The van der Waals surface area contributed by atoms with Crippen LogP contribution < -0.4 is 14.2 Å². The Labute approximate surface area is 540 Å². The van der Waals surface area contributed by atoms with Crippen LogP contribution in [-0.2, 0) is 20.6 Å². The van der Waals surface area contributed by atoms with Crippen molar-refractivity contribution in [2.75, 3.05) is 0 Å². The van der Waals surface area contributed by atoms with Crippen molar-refractivity contribution in [3.05, 3.63) is 170 Å². The summed E-state index contributed by atoms with van der Waals surface area (Å²) in [5.74, 6) is -33.1. The molecule has 97 heavy (non-hydrogen) atoms. The first-order valence-electron chi connectivity index (χ1n) is 28.3. The van der Waals surface area contributed by atoms with E-state index in [1.807, 2.05) is 0 Å². The highest BCUT2D eigenvalue weighted by atomic mass is 16.6. The molecule has 0 amide bonds. The highest BCUT2D eigenvalue weighted by Crippen LogP contribution is 2.64. The van der Waals surface area contributed by atoms with Gasteiger partial charge in [0.2, 0.25) is 0 Å². The minimum Gasteiger partial charge on any atom is -0.508 e. The lowest BCUT2D eigenvalue weighted by Crippen LogP contribution is -2.42. The molecule has 9 aromatic carbocycles. The van der Waals surface area contributed by atoms with Gasteiger partial charge in [0, 0.05) is 75.2 Å². The Kier molecular flexibility index (Phi) is 15.4. The van der Waals surface area contributed by atoms with Crippen LogP contribution in [-0.4, -0.2) is 149 Å². The van der Waals surface area contributed by atoms with Crippen molar-refractivity contribution in [3.8, 4) is 144 Å². The third-order valence-corrected chi connectivity index (χ3v) is 16.5. The van der Waals surface area contributed by atoms with Gasteiger partial charge in [-0.15, -0.1) is 0 Å². The van der Waals surface area contributed by atoms with Crippen molar-refractivity contribution >= 4 is 17.9 Å². The summed E-state index contributed by atoms with van der Waals surface area (Å²) in [5, 5.41) is 244. The Morgan fingerprint density at radius 2 is 0.660 bits per heavy atom. The number of hydrogen-bond acceptors (Lipinski definition) is 31. The predicted molar refractivity (Wildman–Crippen MR) is 320 cm³/mol. The molecule has 3 heterocycles. The summed E-state index contributed by atoms with van der Waals surface area (Å²) in [5.41, 5.74) is -6.39. The number of carbonyl (C=O) groups excluding carboxylic acids is 3. The molecule has 3 aliphatic heterocycles. The number of aromatic hydroxyl groups is 22. The van der Waals surface area contributed by atoms with Crippen molar-refractivity contribution in [2.24, 2.45) is 0 Å². The fourth-order valence-electron chi connectivity index (χ4n) is 12.1. The molecule has 3 aliphatic rings. The molecule has 31 heteroatoms. The van der Waals surface area contributed by atoms with Crippen LogP contribution in [0, 0.1) is 0 Å². The molecule has 0 aromatic heterocycles. The van der Waals surface area contributed by atoms with E-state index in [0.29, 0.717) is 48.5 Å². The lowest BCUT2D eigenvalue weighted by atomic mass is 9.73. The lowest BCUT2D eigenvalue weighted by Gasteiger charge is -2.44. The second-order valence-electron chi connectivity index (χ2n) is 22.5. The first kappa shape index (κ1) is 63.5. The van der Waals surface area contributed by atoms with Crippen LogP contribution in [0.4, 0.5) is 0 Å². The fraction of sp³-hybridized carbons (Fsp3) is 0.136. The van der Waals surface area contributed by atoms with Crippen LogP contribution in [0.15, 0.2) is 109 Å². The number of phenols is 22. The van der Waals surface area contributed by atoms with E-state index in [1.54, 1.807) is 0 Å². The Morgan fingerprint density at radius 3 is 1.10 bits per heavy atom. The normalized spacial score (nSPS) is 19.1. The summed E-state index contributed by atoms with van der Waals surface area (Å²) in [6.45, 7) is 0. The van der Waals surface area contributed by atoms with E-state index in [2.05, 4.69) is 0 Å². The zero-order valence-electron chi connectivity index (χ0n) is 48.7. The highest BCUT2D eigenvalue weighted by molar-refractivity contribution is 5.93. The quantitative estimate of drug-likeness (QED) is 0.0349. The number of ether oxygens (including phenoxy) is 6. The minimum absolute atomic E-state index is 0.187. The van der Waals surface area contributed by atoms with Crippen molar-refractivity contribution in [1.29, 1.82) is 0 Å². The molecule has 22 N–H and O–H groups in total. The molecule has 31 nitrogen and oxygen atoms in total. The van der Waals surface area contributed by atoms with E-state index in [1.165, 1.54) is 0 Å². The monoisotopic (exact) mass is 1340 g/mol. The number of hydrogen-bond donors (Lipinski definition) is 22. The average molecular weight is 1340 g/mol. The van der Waals surface area contributed by atoms with Crippen molar-refractivity contribution < 1.29 is 155 Å². The Balaban J connectivity index is 1.17. The van der Waals surface area contributed by atoms with Crippen LogP contribution in [0.2, 0.25) is 0 Å². The number of rotatable bonds is 11. The summed E-state index contributed by atoms with van der Waals surface area (Å²) in [4.78, 5) is 43.7. The minimum atomic E-state index is -2.39. The molecule has 0 fully saturated rings. The molecule has 500 valence electrons. The van der Waals surface area contributed by atoms with Crippen molar-refractivity contribution in [3.63, 3.8) is 0 Å². The first-order valence-corrected chi connectivity index (χ1v) is 28.3. The van der Waals surface area contributed by atoms with Gasteiger partial charge >= 0.3 is 17.9 Å². The van der Waals surface area contributed by atoms with Crippen LogP contribution in [0.3, 0.4) is 0 Å². The molecule has 12 rings (SSSR count). The summed E-state index contributed by atoms with van der Waals surface area (Å²) in [7, 11) is 0. The molecule has 0 bridgehead atoms. The van der Waals surface area contributed by atoms with Crippen molar-refractivity contribution in [1.82, 2.24) is 0 Å². The summed E-state index contributed by atoms with van der Waals surface area (Å²) in [6, 6.07) is 14.3. The summed E-state index contributed by atoms with van der Waals surface area (Å²) in [6.07, 6.45) is -13.2. The third kappa shape index (κ3) is 11.0. The number of phenolic OH excluding ortho intramolecular Hbond substituents is 22. The lowest BCUT2D eigenvalue weighted by molar-refractivity contribution is -0.0346. The standard InChI is InChI=1S/C66H50O31/c67-26-15-33(73)47-45(16-26)92-58(21-2-4-29(69)32(72)6-21)62(96-65(90)24-11-41(81)55(87)42(82)12-24)51(47)49-35(75)19-36(76)50-52(63(97-66(91)25-13-43(83)56(88)44(84)14-25)59(95-61(49)50)22-7-37(77)53(85)38(78)8-22)48-34(74)18-30(70)27-17-46(93-64(89)23-9-39(79)54(86)40(80)10-23)57(94-60(27)48)20-1-3-28(68)31(71)5-20/h1-16,18-19,46,51-52,57-59,62-63,67-88H,17H2/t46-,51+,52-,57+,58+,59+,62+,63+/m0/s1. The number of carbonyl (C=O) groups is 3. The van der Waals surface area contributed by atoms with E-state index in [-0.39, 0.29) is 11.1 Å². The van der Waals surface area contributed by atoms with E-state index in [0.717, 1.165) is 60.7 Å². The maximum Gasteiger partial charge on any atom is 0.338 e. The van der Waals surface area contributed by atoms with E-state index < -0.39 is 267 Å². The molecule has 8 atom stereocenters. The van der Waals surface area contributed by atoms with Gasteiger partial charge in [0.05, 0.1) is 28.5 Å². The van der Waals surface area contributed by atoms with Gasteiger partial charge in [-0.2, -0.15) is 0 Å². The van der Waals surface area contributed by atoms with Gasteiger partial charge in [-0.3, -0.25) is 0 Å². The molecule has 0 saturated carbocycles. The zero-order valence-corrected chi connectivity index (χ0v) is 48.7. The summed E-state index contributed by atoms with van der Waals surface area (Å²) < 4.78 is 38.2. The molecular formula is C66H50O31. The molecule has 0 radical (unpaired) electrons. The smallest absolute Gasteiger partial charge is 0.338 e. The van der Waals surface area contributed by atoms with Crippen LogP contribution in [0.1, 0.15) is 106 Å². The largest absolute Gasteiger partial charge is 0.508 e. The first-order chi connectivity index (χ1) is 45.9. The van der Waals surface area contributed by atoms with Crippen LogP contribution in [0.5, 0.6) is 144 Å². The van der Waals surface area contributed by atoms with Gasteiger partial charge in [0.25, 0.3) is 0 Å². The predicted octanol–water partition coefficient (Wildman–Crippen LogP) is 7.09. The second-order valence-corrected chi connectivity index (χ2v) is 22.5. The molecule has 0 saturated heterocycles. The van der Waals surface area contributed by atoms with Crippen LogP contribution in [0.25, 0.3) is 0 Å². The topological polar surface area (TPSA) is 552 Å². The maximum absolute atomic E-state index is 14.9. The van der Waals surface area contributed by atoms with E-state index in [9.17, 15) is 127 Å². The number of fused-ring (bicyclic) bond motifs is 3. The highest BCUT2D eigenvalue weighted by Gasteiger charge is 2.54. The molecule has 0 spiro atoms. The number of benzene rings is 9. The molecule has 0 aliphatic carbocycles. The van der Waals surface area contributed by atoms with Gasteiger partial charge in [-0.25, -0.2) is 14.4 Å². The third-order valence-electron chi connectivity index (χ3n) is 16.5. The van der Waals surface area contributed by atoms with Gasteiger partial charge < -0.3 is 141 Å².